The zero-order valence-electron chi connectivity index (χ0n) is 8.84. The Balaban J connectivity index is 2.42. The second-order valence-corrected chi connectivity index (χ2v) is 4.14. The van der Waals surface area contributed by atoms with Gasteiger partial charge in [-0.3, -0.25) is 4.79 Å². The van der Waals surface area contributed by atoms with Gasteiger partial charge in [0.25, 0.3) is 0 Å². The zero-order valence-corrected chi connectivity index (χ0v) is 9.66. The summed E-state index contributed by atoms with van der Waals surface area (Å²) < 4.78 is 5.13. The lowest BCUT2D eigenvalue weighted by Gasteiger charge is -2.05. The molecule has 2 aromatic rings. The normalized spacial score (nSPS) is 10.3. The van der Waals surface area contributed by atoms with Gasteiger partial charge in [0.2, 0.25) is 0 Å². The molecule has 0 fully saturated rings. The van der Waals surface area contributed by atoms with Crippen LogP contribution in [0.1, 0.15) is 16.1 Å². The summed E-state index contributed by atoms with van der Waals surface area (Å²) in [5.74, 6) is 0. The minimum Gasteiger partial charge on any atom is -0.380 e. The molecule has 2 rings (SSSR count). The highest BCUT2D eigenvalue weighted by atomic mass is 32.1. The van der Waals surface area contributed by atoms with Gasteiger partial charge in [0, 0.05) is 18.1 Å². The second-order valence-electron chi connectivity index (χ2n) is 3.29. The van der Waals surface area contributed by atoms with E-state index in [1.54, 1.807) is 12.5 Å². The second kappa shape index (κ2) is 5.01. The SMILES string of the molecule is COCc1ccccc1-c1nc(C=O)cs1. The fourth-order valence-electron chi connectivity index (χ4n) is 1.47. The Morgan fingerprint density at radius 1 is 1.44 bits per heavy atom. The third-order valence-corrected chi connectivity index (χ3v) is 3.08. The minimum absolute atomic E-state index is 0.479. The molecule has 0 aliphatic rings. The Morgan fingerprint density at radius 3 is 2.94 bits per heavy atom. The molecule has 0 spiro atoms. The molecule has 0 atom stereocenters. The van der Waals surface area contributed by atoms with Gasteiger partial charge in [-0.05, 0) is 5.56 Å². The smallest absolute Gasteiger partial charge is 0.169 e. The Hall–Kier alpha value is -1.52. The lowest BCUT2D eigenvalue weighted by Crippen LogP contribution is -1.91. The molecule has 0 saturated carbocycles. The quantitative estimate of drug-likeness (QED) is 0.762. The first-order valence-electron chi connectivity index (χ1n) is 4.83. The molecule has 1 aromatic carbocycles. The predicted molar refractivity (Wildman–Crippen MR) is 63.7 cm³/mol. The summed E-state index contributed by atoms with van der Waals surface area (Å²) in [6, 6.07) is 7.91. The molecular weight excluding hydrogens is 222 g/mol. The van der Waals surface area contributed by atoms with Crippen molar-refractivity contribution in [3.63, 3.8) is 0 Å². The molecule has 0 radical (unpaired) electrons. The Kier molecular flexibility index (Phi) is 3.44. The van der Waals surface area contributed by atoms with E-state index in [0.29, 0.717) is 12.3 Å². The number of methoxy groups -OCH3 is 1. The van der Waals surface area contributed by atoms with Gasteiger partial charge in [0.1, 0.15) is 10.7 Å². The Morgan fingerprint density at radius 2 is 2.25 bits per heavy atom. The Bertz CT molecular complexity index is 493. The van der Waals surface area contributed by atoms with E-state index in [1.165, 1.54) is 11.3 Å². The molecular formula is C12H11NO2S. The van der Waals surface area contributed by atoms with Gasteiger partial charge >= 0.3 is 0 Å². The van der Waals surface area contributed by atoms with Crippen molar-refractivity contribution in [2.75, 3.05) is 7.11 Å². The van der Waals surface area contributed by atoms with Crippen LogP contribution in [0.25, 0.3) is 10.6 Å². The van der Waals surface area contributed by atoms with Crippen LogP contribution in [0, 0.1) is 0 Å². The summed E-state index contributed by atoms with van der Waals surface area (Å²) in [5, 5.41) is 2.61. The van der Waals surface area contributed by atoms with Crippen LogP contribution in [-0.2, 0) is 11.3 Å². The van der Waals surface area contributed by atoms with Crippen molar-refractivity contribution < 1.29 is 9.53 Å². The van der Waals surface area contributed by atoms with Crippen LogP contribution < -0.4 is 0 Å². The molecule has 0 N–H and O–H groups in total. The van der Waals surface area contributed by atoms with Crippen LogP contribution in [0.3, 0.4) is 0 Å². The van der Waals surface area contributed by atoms with Crippen molar-refractivity contribution in [2.24, 2.45) is 0 Å². The summed E-state index contributed by atoms with van der Waals surface area (Å²) in [6.45, 7) is 0.548. The lowest BCUT2D eigenvalue weighted by atomic mass is 10.1. The van der Waals surface area contributed by atoms with Gasteiger partial charge < -0.3 is 4.74 Å². The molecule has 82 valence electrons. The van der Waals surface area contributed by atoms with Crippen LogP contribution in [0.5, 0.6) is 0 Å². The summed E-state index contributed by atoms with van der Waals surface area (Å²) in [4.78, 5) is 14.8. The molecule has 0 aliphatic heterocycles. The number of aromatic nitrogens is 1. The number of hydrogen-bond acceptors (Lipinski definition) is 4. The van der Waals surface area contributed by atoms with Gasteiger partial charge in [-0.2, -0.15) is 0 Å². The first-order chi connectivity index (χ1) is 7.85. The van der Waals surface area contributed by atoms with E-state index >= 15 is 0 Å². The molecule has 4 heteroatoms. The highest BCUT2D eigenvalue weighted by molar-refractivity contribution is 7.13. The average molecular weight is 233 g/mol. The number of benzene rings is 1. The van der Waals surface area contributed by atoms with Crippen molar-refractivity contribution in [1.82, 2.24) is 4.98 Å². The fraction of sp³-hybridized carbons (Fsp3) is 0.167. The number of hydrogen-bond donors (Lipinski definition) is 0. The molecule has 16 heavy (non-hydrogen) atoms. The van der Waals surface area contributed by atoms with Crippen molar-refractivity contribution in [3.8, 4) is 10.6 Å². The predicted octanol–water partition coefficient (Wildman–Crippen LogP) is 2.77. The van der Waals surface area contributed by atoms with Gasteiger partial charge in [0.05, 0.1) is 6.61 Å². The van der Waals surface area contributed by atoms with E-state index in [-0.39, 0.29) is 0 Å². The van der Waals surface area contributed by atoms with Crippen LogP contribution in [-0.4, -0.2) is 18.4 Å². The largest absolute Gasteiger partial charge is 0.380 e. The maximum absolute atomic E-state index is 10.6. The summed E-state index contributed by atoms with van der Waals surface area (Å²) in [5.41, 5.74) is 2.59. The van der Waals surface area contributed by atoms with E-state index in [1.807, 2.05) is 24.3 Å². The van der Waals surface area contributed by atoms with Crippen LogP contribution in [0.4, 0.5) is 0 Å². The van der Waals surface area contributed by atoms with Gasteiger partial charge in [-0.1, -0.05) is 24.3 Å². The monoisotopic (exact) mass is 233 g/mol. The number of nitrogens with zero attached hydrogens (tertiary/aromatic N) is 1. The van der Waals surface area contributed by atoms with E-state index in [2.05, 4.69) is 4.98 Å². The standard InChI is InChI=1S/C12H11NO2S/c1-15-7-9-4-2-3-5-11(9)12-13-10(6-14)8-16-12/h2-6,8H,7H2,1H3. The first kappa shape index (κ1) is 11.0. The summed E-state index contributed by atoms with van der Waals surface area (Å²) in [7, 11) is 1.66. The van der Waals surface area contributed by atoms with Gasteiger partial charge in [0.15, 0.2) is 6.29 Å². The number of carbonyl (C=O) groups is 1. The van der Waals surface area contributed by atoms with E-state index in [0.717, 1.165) is 22.4 Å². The Labute approximate surface area is 97.7 Å². The number of carbonyl (C=O) groups excluding carboxylic acids is 1. The fourth-order valence-corrected chi connectivity index (χ4v) is 2.30. The molecule has 0 bridgehead atoms. The van der Waals surface area contributed by atoms with Crippen molar-refractivity contribution in [3.05, 3.63) is 40.9 Å². The summed E-state index contributed by atoms with van der Waals surface area (Å²) in [6.07, 6.45) is 0.763. The van der Waals surface area contributed by atoms with E-state index in [4.69, 9.17) is 4.74 Å². The molecule has 1 heterocycles. The first-order valence-corrected chi connectivity index (χ1v) is 5.71. The third-order valence-electron chi connectivity index (χ3n) is 2.19. The number of ether oxygens (including phenoxy) is 1. The molecule has 0 aliphatic carbocycles. The zero-order chi connectivity index (χ0) is 11.4. The molecule has 0 saturated heterocycles. The maximum Gasteiger partial charge on any atom is 0.169 e. The average Bonchev–Trinajstić information content (AvgIpc) is 2.79. The van der Waals surface area contributed by atoms with Gasteiger partial charge in [-0.15, -0.1) is 11.3 Å². The molecule has 3 nitrogen and oxygen atoms in total. The molecule has 1 aromatic heterocycles. The highest BCUT2D eigenvalue weighted by Gasteiger charge is 2.08. The van der Waals surface area contributed by atoms with Crippen molar-refractivity contribution in [1.29, 1.82) is 0 Å². The van der Waals surface area contributed by atoms with Crippen molar-refractivity contribution in [2.45, 2.75) is 6.61 Å². The van der Waals surface area contributed by atoms with Crippen LogP contribution in [0.15, 0.2) is 29.6 Å². The number of rotatable bonds is 4. The number of aldehydes is 1. The van der Waals surface area contributed by atoms with Crippen molar-refractivity contribution >= 4 is 17.6 Å². The van der Waals surface area contributed by atoms with E-state index < -0.39 is 0 Å². The minimum atomic E-state index is 0.479. The third kappa shape index (κ3) is 2.18. The topological polar surface area (TPSA) is 39.2 Å². The molecule has 0 amide bonds. The lowest BCUT2D eigenvalue weighted by molar-refractivity contribution is 0.111. The number of thiazole rings is 1. The maximum atomic E-state index is 10.6. The van der Waals surface area contributed by atoms with Crippen LogP contribution >= 0.6 is 11.3 Å². The van der Waals surface area contributed by atoms with Crippen LogP contribution in [0.2, 0.25) is 0 Å². The van der Waals surface area contributed by atoms with E-state index in [9.17, 15) is 4.79 Å². The van der Waals surface area contributed by atoms with Gasteiger partial charge in [-0.25, -0.2) is 4.98 Å². The highest BCUT2D eigenvalue weighted by Crippen LogP contribution is 2.27. The molecule has 0 unspecified atom stereocenters. The summed E-state index contributed by atoms with van der Waals surface area (Å²) >= 11 is 1.47.